The molecular formula is C27H29F2N3O4S. The van der Waals surface area contributed by atoms with E-state index in [1.54, 1.807) is 19.9 Å². The summed E-state index contributed by atoms with van der Waals surface area (Å²) in [5.74, 6) is -2.48. The van der Waals surface area contributed by atoms with Gasteiger partial charge in [-0.05, 0) is 62.7 Å². The number of benzene rings is 3. The molecule has 0 aliphatic heterocycles. The van der Waals surface area contributed by atoms with Crippen LogP contribution in [0.25, 0.3) is 0 Å². The molecule has 196 valence electrons. The lowest BCUT2D eigenvalue weighted by molar-refractivity contribution is -0.139. The Morgan fingerprint density at radius 3 is 2.05 bits per heavy atom. The third-order valence-corrected chi connectivity index (χ3v) is 7.37. The number of sulfonamides is 1. The second kappa shape index (κ2) is 12.0. The van der Waals surface area contributed by atoms with Crippen molar-refractivity contribution in [2.75, 3.05) is 10.8 Å². The number of carbonyl (C=O) groups is 2. The molecule has 7 nitrogen and oxygen atoms in total. The molecule has 0 fully saturated rings. The summed E-state index contributed by atoms with van der Waals surface area (Å²) in [6.45, 7) is 4.19. The molecule has 0 aromatic heterocycles. The number of nitrogens with one attached hydrogen (secondary N) is 1. The van der Waals surface area contributed by atoms with Gasteiger partial charge in [0.15, 0.2) is 0 Å². The summed E-state index contributed by atoms with van der Waals surface area (Å²) in [4.78, 5) is 27.5. The summed E-state index contributed by atoms with van der Waals surface area (Å²) < 4.78 is 56.1. The predicted octanol–water partition coefficient (Wildman–Crippen LogP) is 4.10. The van der Waals surface area contributed by atoms with Crippen LogP contribution in [0.15, 0.2) is 83.8 Å². The molecule has 0 saturated heterocycles. The molecule has 3 aromatic rings. The Hall–Kier alpha value is -3.79. The zero-order chi connectivity index (χ0) is 27.2. The first-order chi connectivity index (χ1) is 17.5. The Balaban J connectivity index is 2.02. The van der Waals surface area contributed by atoms with Gasteiger partial charge in [-0.2, -0.15) is 0 Å². The van der Waals surface area contributed by atoms with Crippen LogP contribution in [-0.2, 0) is 26.2 Å². The van der Waals surface area contributed by atoms with E-state index in [0.717, 1.165) is 6.07 Å². The van der Waals surface area contributed by atoms with Gasteiger partial charge in [-0.15, -0.1) is 0 Å². The zero-order valence-electron chi connectivity index (χ0n) is 20.8. The number of rotatable bonds is 10. The number of halogens is 2. The van der Waals surface area contributed by atoms with E-state index in [0.29, 0.717) is 9.87 Å². The standard InChI is InChI=1S/C27H29F2N3O4S/c1-19(2)30-27(34)20(3)31(17-21-13-15-22(28)16-14-21)26(33)18-32(25-12-8-7-11-24(25)29)37(35,36)23-9-5-4-6-10-23/h4-16,19-20H,17-18H2,1-3H3,(H,30,34)/t20-/m1/s1. The maximum Gasteiger partial charge on any atom is 0.264 e. The lowest BCUT2D eigenvalue weighted by atomic mass is 10.1. The average Bonchev–Trinajstić information content (AvgIpc) is 2.87. The fourth-order valence-corrected chi connectivity index (χ4v) is 5.10. The van der Waals surface area contributed by atoms with Gasteiger partial charge in [0, 0.05) is 12.6 Å². The molecule has 37 heavy (non-hydrogen) atoms. The third kappa shape index (κ3) is 6.91. The Kier molecular flexibility index (Phi) is 8.99. The zero-order valence-corrected chi connectivity index (χ0v) is 21.6. The number of hydrogen-bond acceptors (Lipinski definition) is 4. The minimum atomic E-state index is -4.35. The topological polar surface area (TPSA) is 86.8 Å². The first-order valence-electron chi connectivity index (χ1n) is 11.7. The average molecular weight is 530 g/mol. The second-order valence-corrected chi connectivity index (χ2v) is 10.6. The third-order valence-electron chi connectivity index (χ3n) is 5.60. The fraction of sp³-hybridized carbons (Fsp3) is 0.259. The van der Waals surface area contributed by atoms with Crippen LogP contribution in [0, 0.1) is 11.6 Å². The van der Waals surface area contributed by atoms with Gasteiger partial charge in [-0.3, -0.25) is 13.9 Å². The fourth-order valence-electron chi connectivity index (χ4n) is 3.66. The summed E-state index contributed by atoms with van der Waals surface area (Å²) in [6.07, 6.45) is 0. The lowest BCUT2D eigenvalue weighted by Crippen LogP contribution is -2.52. The summed E-state index contributed by atoms with van der Waals surface area (Å²) in [5.41, 5.74) is 0.225. The molecule has 2 amide bonds. The highest BCUT2D eigenvalue weighted by atomic mass is 32.2. The van der Waals surface area contributed by atoms with E-state index in [9.17, 15) is 26.8 Å². The van der Waals surface area contributed by atoms with Gasteiger partial charge in [0.25, 0.3) is 10.0 Å². The Morgan fingerprint density at radius 1 is 0.865 bits per heavy atom. The van der Waals surface area contributed by atoms with Gasteiger partial charge >= 0.3 is 0 Å². The van der Waals surface area contributed by atoms with Crippen LogP contribution >= 0.6 is 0 Å². The van der Waals surface area contributed by atoms with Crippen molar-refractivity contribution in [3.63, 3.8) is 0 Å². The molecule has 0 spiro atoms. The molecule has 3 aromatic carbocycles. The van der Waals surface area contributed by atoms with Crippen molar-refractivity contribution < 1.29 is 26.8 Å². The number of para-hydroxylation sites is 1. The number of carbonyl (C=O) groups excluding carboxylic acids is 2. The van der Waals surface area contributed by atoms with E-state index in [1.807, 2.05) is 0 Å². The Labute approximate surface area is 215 Å². The highest BCUT2D eigenvalue weighted by molar-refractivity contribution is 7.92. The quantitative estimate of drug-likeness (QED) is 0.429. The number of nitrogens with zero attached hydrogens (tertiary/aromatic N) is 2. The second-order valence-electron chi connectivity index (χ2n) is 8.76. The van der Waals surface area contributed by atoms with E-state index in [1.165, 1.54) is 78.6 Å². The van der Waals surface area contributed by atoms with Crippen molar-refractivity contribution in [2.45, 2.75) is 44.3 Å². The van der Waals surface area contributed by atoms with Crippen LogP contribution in [0.4, 0.5) is 14.5 Å². The predicted molar refractivity (Wildman–Crippen MR) is 137 cm³/mol. The molecule has 0 saturated carbocycles. The van der Waals surface area contributed by atoms with E-state index in [-0.39, 0.29) is 23.2 Å². The van der Waals surface area contributed by atoms with Gasteiger partial charge < -0.3 is 10.2 Å². The maximum atomic E-state index is 14.8. The van der Waals surface area contributed by atoms with E-state index in [2.05, 4.69) is 5.32 Å². The van der Waals surface area contributed by atoms with E-state index < -0.39 is 46.1 Å². The van der Waals surface area contributed by atoms with E-state index >= 15 is 0 Å². The van der Waals surface area contributed by atoms with Gasteiger partial charge in [0.2, 0.25) is 11.8 Å². The minimum absolute atomic E-state index is 0.0949. The highest BCUT2D eigenvalue weighted by Crippen LogP contribution is 2.26. The van der Waals surface area contributed by atoms with Crippen LogP contribution in [0.2, 0.25) is 0 Å². The van der Waals surface area contributed by atoms with Crippen molar-refractivity contribution in [1.82, 2.24) is 10.2 Å². The first-order valence-corrected chi connectivity index (χ1v) is 13.1. The van der Waals surface area contributed by atoms with Crippen molar-refractivity contribution in [2.24, 2.45) is 0 Å². The molecule has 10 heteroatoms. The molecule has 1 atom stereocenters. The normalized spacial score (nSPS) is 12.2. The number of amides is 2. The molecule has 0 unspecified atom stereocenters. The van der Waals surface area contributed by atoms with Gasteiger partial charge in [0.05, 0.1) is 10.6 Å². The summed E-state index contributed by atoms with van der Waals surface area (Å²) >= 11 is 0. The van der Waals surface area contributed by atoms with Crippen molar-refractivity contribution >= 4 is 27.5 Å². The van der Waals surface area contributed by atoms with Gasteiger partial charge in [0.1, 0.15) is 24.2 Å². The van der Waals surface area contributed by atoms with Crippen molar-refractivity contribution in [1.29, 1.82) is 0 Å². The van der Waals surface area contributed by atoms with Crippen LogP contribution in [0.1, 0.15) is 26.3 Å². The summed E-state index contributed by atoms with van der Waals surface area (Å²) in [7, 11) is -4.35. The van der Waals surface area contributed by atoms with Gasteiger partial charge in [-0.1, -0.05) is 42.5 Å². The maximum absolute atomic E-state index is 14.8. The molecule has 0 bridgehead atoms. The first kappa shape index (κ1) is 27.8. The van der Waals surface area contributed by atoms with Crippen molar-refractivity contribution in [3.8, 4) is 0 Å². The van der Waals surface area contributed by atoms with Gasteiger partial charge in [-0.25, -0.2) is 17.2 Å². The highest BCUT2D eigenvalue weighted by Gasteiger charge is 2.33. The summed E-state index contributed by atoms with van der Waals surface area (Å²) in [6, 6.07) is 16.8. The molecule has 3 rings (SSSR count). The largest absolute Gasteiger partial charge is 0.352 e. The molecule has 0 aliphatic carbocycles. The number of hydrogen-bond donors (Lipinski definition) is 1. The molecular weight excluding hydrogens is 500 g/mol. The smallest absolute Gasteiger partial charge is 0.264 e. The lowest BCUT2D eigenvalue weighted by Gasteiger charge is -2.32. The molecule has 1 N–H and O–H groups in total. The summed E-state index contributed by atoms with van der Waals surface area (Å²) in [5, 5.41) is 2.74. The molecule has 0 heterocycles. The van der Waals surface area contributed by atoms with Crippen LogP contribution < -0.4 is 9.62 Å². The molecule has 0 radical (unpaired) electrons. The SMILES string of the molecule is CC(C)NC(=O)[C@@H](C)N(Cc1ccc(F)cc1)C(=O)CN(c1ccccc1F)S(=O)(=O)c1ccccc1. The minimum Gasteiger partial charge on any atom is -0.352 e. The monoisotopic (exact) mass is 529 g/mol. The van der Waals surface area contributed by atoms with Crippen molar-refractivity contribution in [3.05, 3.63) is 96.1 Å². The number of anilines is 1. The Bertz CT molecular complexity index is 1330. The van der Waals surface area contributed by atoms with Crippen LogP contribution in [-0.4, -0.2) is 43.8 Å². The molecule has 0 aliphatic rings. The van der Waals surface area contributed by atoms with Crippen LogP contribution in [0.5, 0.6) is 0 Å². The van der Waals surface area contributed by atoms with E-state index in [4.69, 9.17) is 0 Å². The van der Waals surface area contributed by atoms with Crippen LogP contribution in [0.3, 0.4) is 0 Å². The Morgan fingerprint density at radius 2 is 1.46 bits per heavy atom.